The van der Waals surface area contributed by atoms with E-state index in [0.717, 1.165) is 18.2 Å². The zero-order valence-electron chi connectivity index (χ0n) is 15.6. The van der Waals surface area contributed by atoms with Crippen LogP contribution in [0.4, 0.5) is 11.4 Å². The van der Waals surface area contributed by atoms with E-state index < -0.39 is 0 Å². The lowest BCUT2D eigenvalue weighted by Crippen LogP contribution is -2.17. The molecular formula is C22H36N2. The molecule has 2 saturated carbocycles. The van der Waals surface area contributed by atoms with Crippen molar-refractivity contribution in [3.8, 4) is 0 Å². The number of rotatable bonds is 6. The number of benzene rings is 1. The molecule has 2 aliphatic carbocycles. The van der Waals surface area contributed by atoms with Gasteiger partial charge in [-0.1, -0.05) is 51.9 Å². The van der Waals surface area contributed by atoms with Crippen molar-refractivity contribution in [3.63, 3.8) is 0 Å². The molecule has 2 aliphatic rings. The third-order valence-electron chi connectivity index (χ3n) is 6.19. The normalized spacial score (nSPS) is 20.2. The number of nitrogen functional groups attached to an aromatic ring is 1. The Morgan fingerprint density at radius 2 is 1.46 bits per heavy atom. The monoisotopic (exact) mass is 328 g/mol. The van der Waals surface area contributed by atoms with Gasteiger partial charge in [-0.3, -0.25) is 0 Å². The summed E-state index contributed by atoms with van der Waals surface area (Å²) in [5.74, 6) is 1.42. The molecule has 3 N–H and O–H groups in total. The van der Waals surface area contributed by atoms with Crippen LogP contribution in [-0.4, -0.2) is 6.54 Å². The molecule has 0 aromatic heterocycles. The van der Waals surface area contributed by atoms with Crippen molar-refractivity contribution in [2.75, 3.05) is 17.6 Å². The van der Waals surface area contributed by atoms with Gasteiger partial charge in [0.1, 0.15) is 0 Å². The Kier molecular flexibility index (Phi) is 6.45. The van der Waals surface area contributed by atoms with E-state index in [1.165, 1.54) is 88.3 Å². The lowest BCUT2D eigenvalue weighted by molar-refractivity contribution is 0.420. The van der Waals surface area contributed by atoms with Gasteiger partial charge < -0.3 is 11.1 Å². The average Bonchev–Trinajstić information content (AvgIpc) is 2.64. The summed E-state index contributed by atoms with van der Waals surface area (Å²) in [5.41, 5.74) is 12.1. The Hall–Kier alpha value is -1.18. The topological polar surface area (TPSA) is 38.0 Å². The van der Waals surface area contributed by atoms with Crippen LogP contribution in [0.25, 0.3) is 0 Å². The molecule has 0 saturated heterocycles. The molecule has 2 nitrogen and oxygen atoms in total. The van der Waals surface area contributed by atoms with Gasteiger partial charge in [-0.15, -0.1) is 0 Å². The minimum absolute atomic E-state index is 0.698. The summed E-state index contributed by atoms with van der Waals surface area (Å²) in [6, 6.07) is 4.44. The van der Waals surface area contributed by atoms with Gasteiger partial charge in [0.25, 0.3) is 0 Å². The molecule has 0 radical (unpaired) electrons. The van der Waals surface area contributed by atoms with Crippen molar-refractivity contribution in [3.05, 3.63) is 23.3 Å². The molecule has 0 unspecified atom stereocenters. The van der Waals surface area contributed by atoms with Crippen LogP contribution in [0, 0.1) is 0 Å². The first kappa shape index (κ1) is 17.6. The molecule has 134 valence electrons. The summed E-state index contributed by atoms with van der Waals surface area (Å²) in [7, 11) is 0. The summed E-state index contributed by atoms with van der Waals surface area (Å²) in [6.07, 6.45) is 16.2. The molecule has 0 amide bonds. The largest absolute Gasteiger partial charge is 0.398 e. The Bertz CT molecular complexity index is 511. The Labute approximate surface area is 148 Å². The molecule has 2 fully saturated rings. The van der Waals surface area contributed by atoms with E-state index >= 15 is 0 Å². The summed E-state index contributed by atoms with van der Waals surface area (Å²) < 4.78 is 0. The first-order valence-electron chi connectivity index (χ1n) is 10.5. The number of anilines is 2. The predicted molar refractivity (Wildman–Crippen MR) is 106 cm³/mol. The molecule has 0 heterocycles. The number of hydrogen-bond acceptors (Lipinski definition) is 2. The summed E-state index contributed by atoms with van der Waals surface area (Å²) in [5, 5.41) is 3.76. The van der Waals surface area contributed by atoms with Gasteiger partial charge in [0.05, 0.1) is 0 Å². The highest BCUT2D eigenvalue weighted by atomic mass is 14.9. The van der Waals surface area contributed by atoms with Gasteiger partial charge in [0.15, 0.2) is 0 Å². The van der Waals surface area contributed by atoms with E-state index in [1.54, 1.807) is 5.56 Å². The average molecular weight is 329 g/mol. The van der Waals surface area contributed by atoms with Gasteiger partial charge in [-0.05, 0) is 67.2 Å². The van der Waals surface area contributed by atoms with Gasteiger partial charge >= 0.3 is 0 Å². The van der Waals surface area contributed by atoms with E-state index in [9.17, 15) is 0 Å². The third-order valence-corrected chi connectivity index (χ3v) is 6.19. The molecule has 1 aromatic rings. The zero-order valence-corrected chi connectivity index (χ0v) is 15.6. The van der Waals surface area contributed by atoms with E-state index in [4.69, 9.17) is 5.73 Å². The number of hydrogen-bond donors (Lipinski definition) is 2. The first-order chi connectivity index (χ1) is 11.8. The Morgan fingerprint density at radius 1 is 0.875 bits per heavy atom. The van der Waals surface area contributed by atoms with Crippen LogP contribution in [0.5, 0.6) is 0 Å². The molecule has 1 aromatic carbocycles. The van der Waals surface area contributed by atoms with Crippen molar-refractivity contribution in [2.45, 2.75) is 95.8 Å². The van der Waals surface area contributed by atoms with Crippen molar-refractivity contribution in [1.82, 2.24) is 0 Å². The maximum atomic E-state index is 6.55. The second-order valence-corrected chi connectivity index (χ2v) is 7.98. The van der Waals surface area contributed by atoms with Crippen molar-refractivity contribution in [1.29, 1.82) is 0 Å². The molecule has 2 heteroatoms. The van der Waals surface area contributed by atoms with Crippen LogP contribution in [0.3, 0.4) is 0 Å². The standard InChI is InChI=1S/C22H36N2/c1-2-3-16-24-20-15-14-19(23)21(17-10-6-4-7-11-17)22(20)18-12-8-5-9-13-18/h14-15,17-18,24H,2-13,16,23H2,1H3. The fourth-order valence-electron chi connectivity index (χ4n) is 4.89. The van der Waals surface area contributed by atoms with Crippen LogP contribution >= 0.6 is 0 Å². The Morgan fingerprint density at radius 3 is 2.04 bits per heavy atom. The van der Waals surface area contributed by atoms with Crippen LogP contribution in [0.15, 0.2) is 12.1 Å². The molecular weight excluding hydrogens is 292 g/mol. The second-order valence-electron chi connectivity index (χ2n) is 7.98. The lowest BCUT2D eigenvalue weighted by atomic mass is 9.74. The maximum Gasteiger partial charge on any atom is 0.0379 e. The van der Waals surface area contributed by atoms with Gasteiger partial charge in [0, 0.05) is 17.9 Å². The van der Waals surface area contributed by atoms with Crippen LogP contribution in [0.2, 0.25) is 0 Å². The van der Waals surface area contributed by atoms with E-state index in [1.807, 2.05) is 0 Å². The van der Waals surface area contributed by atoms with Gasteiger partial charge in [0.2, 0.25) is 0 Å². The van der Waals surface area contributed by atoms with Crippen LogP contribution < -0.4 is 11.1 Å². The molecule has 24 heavy (non-hydrogen) atoms. The van der Waals surface area contributed by atoms with Crippen molar-refractivity contribution in [2.24, 2.45) is 0 Å². The van der Waals surface area contributed by atoms with Gasteiger partial charge in [-0.25, -0.2) is 0 Å². The van der Waals surface area contributed by atoms with E-state index in [2.05, 4.69) is 24.4 Å². The molecule has 3 rings (SSSR count). The van der Waals surface area contributed by atoms with Crippen LogP contribution in [0.1, 0.15) is 107 Å². The smallest absolute Gasteiger partial charge is 0.0379 e. The van der Waals surface area contributed by atoms with E-state index in [-0.39, 0.29) is 0 Å². The molecule has 0 bridgehead atoms. The highest BCUT2D eigenvalue weighted by molar-refractivity contribution is 5.66. The second kappa shape index (κ2) is 8.78. The maximum absolute atomic E-state index is 6.55. The number of nitrogens with one attached hydrogen (secondary N) is 1. The summed E-state index contributed by atoms with van der Waals surface area (Å²) >= 11 is 0. The lowest BCUT2D eigenvalue weighted by Gasteiger charge is -2.32. The SMILES string of the molecule is CCCCNc1ccc(N)c(C2CCCCC2)c1C1CCCCC1. The third kappa shape index (κ3) is 4.07. The van der Waals surface area contributed by atoms with Crippen LogP contribution in [-0.2, 0) is 0 Å². The predicted octanol–water partition coefficient (Wildman–Crippen LogP) is 6.58. The minimum atomic E-state index is 0.698. The molecule has 0 aliphatic heterocycles. The Balaban J connectivity index is 1.95. The van der Waals surface area contributed by atoms with Crippen molar-refractivity contribution >= 4 is 11.4 Å². The molecule has 0 atom stereocenters. The quantitative estimate of drug-likeness (QED) is 0.457. The molecule has 0 spiro atoms. The first-order valence-corrected chi connectivity index (χ1v) is 10.5. The fourth-order valence-corrected chi connectivity index (χ4v) is 4.89. The fraction of sp³-hybridized carbons (Fsp3) is 0.727. The number of nitrogens with two attached hydrogens (primary N) is 1. The zero-order chi connectivity index (χ0) is 16.8. The number of unbranched alkanes of at least 4 members (excludes halogenated alkanes) is 1. The van der Waals surface area contributed by atoms with Crippen molar-refractivity contribution < 1.29 is 0 Å². The summed E-state index contributed by atoms with van der Waals surface area (Å²) in [6.45, 7) is 3.35. The summed E-state index contributed by atoms with van der Waals surface area (Å²) in [4.78, 5) is 0. The van der Waals surface area contributed by atoms with Gasteiger partial charge in [-0.2, -0.15) is 0 Å². The minimum Gasteiger partial charge on any atom is -0.398 e. The highest BCUT2D eigenvalue weighted by Crippen LogP contribution is 2.46. The highest BCUT2D eigenvalue weighted by Gasteiger charge is 2.28. The van der Waals surface area contributed by atoms with E-state index in [0.29, 0.717) is 5.92 Å².